The smallest absolute Gasteiger partial charge is 0.345 e. The highest BCUT2D eigenvalue weighted by molar-refractivity contribution is 9.10. The van der Waals surface area contributed by atoms with Crippen LogP contribution in [-0.4, -0.2) is 0 Å². The van der Waals surface area contributed by atoms with Gasteiger partial charge in [-0.25, -0.2) is 4.79 Å². The number of halogens is 1. The van der Waals surface area contributed by atoms with Crippen LogP contribution in [-0.2, 0) is 0 Å². The van der Waals surface area contributed by atoms with Crippen LogP contribution < -0.4 is 5.63 Å². The van der Waals surface area contributed by atoms with Gasteiger partial charge in [0.15, 0.2) is 0 Å². The van der Waals surface area contributed by atoms with Crippen molar-refractivity contribution >= 4 is 26.9 Å². The van der Waals surface area contributed by atoms with E-state index in [1.807, 2.05) is 18.2 Å². The van der Waals surface area contributed by atoms with Gasteiger partial charge in [-0.3, -0.25) is 0 Å². The van der Waals surface area contributed by atoms with Gasteiger partial charge in [-0.15, -0.1) is 0 Å². The van der Waals surface area contributed by atoms with Crippen LogP contribution in [0.3, 0.4) is 0 Å². The van der Waals surface area contributed by atoms with Crippen molar-refractivity contribution < 1.29 is 4.42 Å². The first kappa shape index (κ1) is 12.6. The number of para-hydroxylation sites is 1. The number of fused-ring (bicyclic) bond motifs is 1. The van der Waals surface area contributed by atoms with Gasteiger partial charge in [-0.05, 0) is 29.8 Å². The molecule has 0 fully saturated rings. The second kappa shape index (κ2) is 4.95. The minimum Gasteiger partial charge on any atom is -0.422 e. The summed E-state index contributed by atoms with van der Waals surface area (Å²) in [4.78, 5) is 12.2. The Morgan fingerprint density at radius 1 is 1.05 bits per heavy atom. The van der Waals surface area contributed by atoms with Crippen LogP contribution in [0.5, 0.6) is 0 Å². The Bertz CT molecular complexity index is 889. The number of nitriles is 1. The Morgan fingerprint density at radius 2 is 1.75 bits per heavy atom. The minimum atomic E-state index is -0.498. The fourth-order valence-electron chi connectivity index (χ4n) is 2.14. The summed E-state index contributed by atoms with van der Waals surface area (Å²) in [5.74, 6) is 0. The molecule has 3 rings (SSSR count). The SMILES string of the molecule is N#Cc1c(-c2ccc(Br)cc2)c(=O)oc2ccccc12. The molecule has 0 aliphatic heterocycles. The molecule has 0 saturated heterocycles. The second-order valence-electron chi connectivity index (χ2n) is 4.25. The van der Waals surface area contributed by atoms with Crippen LogP contribution in [0.4, 0.5) is 0 Å². The quantitative estimate of drug-likeness (QED) is 0.633. The van der Waals surface area contributed by atoms with Gasteiger partial charge in [0.25, 0.3) is 0 Å². The number of hydrogen-bond acceptors (Lipinski definition) is 3. The van der Waals surface area contributed by atoms with Crippen LogP contribution in [0.1, 0.15) is 5.56 Å². The molecule has 0 spiro atoms. The van der Waals surface area contributed by atoms with Gasteiger partial charge in [0.05, 0.1) is 11.1 Å². The summed E-state index contributed by atoms with van der Waals surface area (Å²) in [6, 6.07) is 16.4. The van der Waals surface area contributed by atoms with Gasteiger partial charge >= 0.3 is 5.63 Å². The Hall–Kier alpha value is -2.38. The maximum atomic E-state index is 12.2. The first-order valence-electron chi connectivity index (χ1n) is 5.92. The minimum absolute atomic E-state index is 0.304. The van der Waals surface area contributed by atoms with E-state index in [-0.39, 0.29) is 0 Å². The summed E-state index contributed by atoms with van der Waals surface area (Å²) < 4.78 is 6.21. The van der Waals surface area contributed by atoms with E-state index >= 15 is 0 Å². The van der Waals surface area contributed by atoms with E-state index < -0.39 is 5.63 Å². The summed E-state index contributed by atoms with van der Waals surface area (Å²) >= 11 is 3.35. The molecule has 0 amide bonds. The van der Waals surface area contributed by atoms with Crippen molar-refractivity contribution in [1.29, 1.82) is 5.26 Å². The average Bonchev–Trinajstić information content (AvgIpc) is 2.47. The Labute approximate surface area is 123 Å². The predicted octanol–water partition coefficient (Wildman–Crippen LogP) is 4.09. The second-order valence-corrected chi connectivity index (χ2v) is 5.17. The molecule has 96 valence electrons. The molecular weight excluding hydrogens is 318 g/mol. The molecule has 0 aliphatic rings. The van der Waals surface area contributed by atoms with Crippen LogP contribution in [0, 0.1) is 11.3 Å². The van der Waals surface area contributed by atoms with E-state index in [2.05, 4.69) is 22.0 Å². The predicted molar refractivity (Wildman–Crippen MR) is 80.3 cm³/mol. The highest BCUT2D eigenvalue weighted by Crippen LogP contribution is 2.27. The lowest BCUT2D eigenvalue weighted by atomic mass is 9.99. The van der Waals surface area contributed by atoms with Crippen molar-refractivity contribution in [3.8, 4) is 17.2 Å². The van der Waals surface area contributed by atoms with Crippen molar-refractivity contribution in [1.82, 2.24) is 0 Å². The zero-order valence-electron chi connectivity index (χ0n) is 10.3. The van der Waals surface area contributed by atoms with E-state index in [0.29, 0.717) is 27.7 Å². The molecule has 0 N–H and O–H groups in total. The van der Waals surface area contributed by atoms with Crippen molar-refractivity contribution in [3.63, 3.8) is 0 Å². The third-order valence-electron chi connectivity index (χ3n) is 3.06. The van der Waals surface area contributed by atoms with E-state index in [1.54, 1.807) is 30.3 Å². The lowest BCUT2D eigenvalue weighted by molar-refractivity contribution is 0.563. The van der Waals surface area contributed by atoms with Crippen molar-refractivity contribution in [2.45, 2.75) is 0 Å². The Morgan fingerprint density at radius 3 is 2.45 bits per heavy atom. The van der Waals surface area contributed by atoms with Crippen molar-refractivity contribution in [2.75, 3.05) is 0 Å². The summed E-state index contributed by atoms with van der Waals surface area (Å²) in [6.07, 6.45) is 0. The molecule has 3 nitrogen and oxygen atoms in total. The van der Waals surface area contributed by atoms with Crippen LogP contribution in [0.15, 0.2) is 62.2 Å². The number of benzene rings is 2. The fraction of sp³-hybridized carbons (Fsp3) is 0. The molecule has 0 radical (unpaired) electrons. The molecule has 0 aliphatic carbocycles. The van der Waals surface area contributed by atoms with Crippen molar-refractivity contribution in [3.05, 3.63) is 69.0 Å². The van der Waals surface area contributed by atoms with E-state index in [1.165, 1.54) is 0 Å². The lowest BCUT2D eigenvalue weighted by Gasteiger charge is -2.06. The lowest BCUT2D eigenvalue weighted by Crippen LogP contribution is -2.06. The number of nitrogens with zero attached hydrogens (tertiary/aromatic N) is 1. The topological polar surface area (TPSA) is 54.0 Å². The molecule has 20 heavy (non-hydrogen) atoms. The molecule has 1 aromatic heterocycles. The van der Waals surface area contributed by atoms with Gasteiger partial charge in [0, 0.05) is 9.86 Å². The van der Waals surface area contributed by atoms with Gasteiger partial charge in [0.1, 0.15) is 11.7 Å². The molecular formula is C16H8BrNO2. The standard InChI is InChI=1S/C16H8BrNO2/c17-11-7-5-10(6-8-11)15-13(9-18)12-3-1-2-4-14(12)20-16(15)19/h1-8H. The molecule has 1 heterocycles. The van der Waals surface area contributed by atoms with Gasteiger partial charge in [-0.1, -0.05) is 40.2 Å². The van der Waals surface area contributed by atoms with Crippen LogP contribution >= 0.6 is 15.9 Å². The van der Waals surface area contributed by atoms with Crippen LogP contribution in [0.2, 0.25) is 0 Å². The molecule has 2 aromatic carbocycles. The zero-order valence-corrected chi connectivity index (χ0v) is 11.8. The summed E-state index contributed by atoms with van der Waals surface area (Å²) in [5, 5.41) is 10.1. The van der Waals surface area contributed by atoms with E-state index in [4.69, 9.17) is 4.42 Å². The van der Waals surface area contributed by atoms with Gasteiger partial charge in [-0.2, -0.15) is 5.26 Å². The highest BCUT2D eigenvalue weighted by atomic mass is 79.9. The molecule has 4 heteroatoms. The van der Waals surface area contributed by atoms with E-state index in [9.17, 15) is 10.1 Å². The number of rotatable bonds is 1. The third kappa shape index (κ3) is 2.02. The number of hydrogen-bond donors (Lipinski definition) is 0. The molecule has 3 aromatic rings. The van der Waals surface area contributed by atoms with Crippen LogP contribution in [0.25, 0.3) is 22.1 Å². The van der Waals surface area contributed by atoms with Gasteiger partial charge < -0.3 is 4.42 Å². The van der Waals surface area contributed by atoms with E-state index in [0.717, 1.165) is 4.47 Å². The molecule has 0 unspecified atom stereocenters. The summed E-state index contributed by atoms with van der Waals surface area (Å²) in [5.41, 5.74) is 1.25. The summed E-state index contributed by atoms with van der Waals surface area (Å²) in [7, 11) is 0. The largest absolute Gasteiger partial charge is 0.422 e. The fourth-order valence-corrected chi connectivity index (χ4v) is 2.41. The normalized spacial score (nSPS) is 10.4. The Kier molecular flexibility index (Phi) is 3.13. The maximum absolute atomic E-state index is 12.2. The molecule has 0 atom stereocenters. The zero-order chi connectivity index (χ0) is 14.1. The third-order valence-corrected chi connectivity index (χ3v) is 3.59. The van der Waals surface area contributed by atoms with Crippen molar-refractivity contribution in [2.24, 2.45) is 0 Å². The molecule has 0 saturated carbocycles. The summed E-state index contributed by atoms with van der Waals surface area (Å²) in [6.45, 7) is 0. The maximum Gasteiger partial charge on any atom is 0.345 e. The average molecular weight is 326 g/mol. The highest BCUT2D eigenvalue weighted by Gasteiger charge is 2.15. The first-order valence-corrected chi connectivity index (χ1v) is 6.72. The van der Waals surface area contributed by atoms with Gasteiger partial charge in [0.2, 0.25) is 0 Å². The monoisotopic (exact) mass is 325 g/mol. The Balaban J connectivity index is 2.41. The molecule has 0 bridgehead atoms. The first-order chi connectivity index (χ1) is 9.70.